The Hall–Kier alpha value is -1.06. The molecular weight excluding hydrogens is 228 g/mol. The Labute approximate surface area is 110 Å². The molecule has 0 bridgehead atoms. The van der Waals surface area contributed by atoms with Crippen LogP contribution in [0.5, 0.6) is 0 Å². The molecule has 1 saturated heterocycles. The lowest BCUT2D eigenvalue weighted by Gasteiger charge is -2.34. The van der Waals surface area contributed by atoms with E-state index in [1.807, 2.05) is 11.8 Å². The number of hydrogen-bond acceptors (Lipinski definition) is 2. The number of amides is 2. The third-order valence-electron chi connectivity index (χ3n) is 4.13. The van der Waals surface area contributed by atoms with Gasteiger partial charge in [-0.1, -0.05) is 33.6 Å². The fourth-order valence-corrected chi connectivity index (χ4v) is 2.77. The first kappa shape index (κ1) is 15.0. The summed E-state index contributed by atoms with van der Waals surface area (Å²) in [6.45, 7) is 8.92. The van der Waals surface area contributed by atoms with Gasteiger partial charge < -0.3 is 10.2 Å². The van der Waals surface area contributed by atoms with Gasteiger partial charge >= 0.3 is 0 Å². The van der Waals surface area contributed by atoms with Gasteiger partial charge in [-0.15, -0.1) is 0 Å². The molecule has 1 fully saturated rings. The van der Waals surface area contributed by atoms with Crippen molar-refractivity contribution < 1.29 is 9.59 Å². The molecule has 2 unspecified atom stereocenters. The zero-order valence-corrected chi connectivity index (χ0v) is 12.0. The summed E-state index contributed by atoms with van der Waals surface area (Å²) in [6, 6.07) is -0.119. The Morgan fingerprint density at radius 3 is 2.39 bits per heavy atom. The molecule has 1 heterocycles. The van der Waals surface area contributed by atoms with Gasteiger partial charge in [-0.3, -0.25) is 9.59 Å². The molecule has 18 heavy (non-hydrogen) atoms. The highest BCUT2D eigenvalue weighted by molar-refractivity contribution is 5.90. The molecule has 104 valence electrons. The first-order chi connectivity index (χ1) is 8.54. The topological polar surface area (TPSA) is 49.4 Å². The highest BCUT2D eigenvalue weighted by atomic mass is 16.2. The van der Waals surface area contributed by atoms with Crippen LogP contribution in [0.3, 0.4) is 0 Å². The van der Waals surface area contributed by atoms with Crippen LogP contribution in [0.15, 0.2) is 0 Å². The van der Waals surface area contributed by atoms with E-state index in [-0.39, 0.29) is 23.9 Å². The normalized spacial score (nSPS) is 22.9. The predicted octanol–water partition coefficient (Wildman–Crippen LogP) is 1.94. The van der Waals surface area contributed by atoms with Crippen LogP contribution in [0.2, 0.25) is 0 Å². The average Bonchev–Trinajstić information content (AvgIpc) is 2.50. The van der Waals surface area contributed by atoms with Gasteiger partial charge in [0.25, 0.3) is 0 Å². The second kappa shape index (κ2) is 6.76. The van der Waals surface area contributed by atoms with Crippen LogP contribution in [0.25, 0.3) is 0 Å². The van der Waals surface area contributed by atoms with Gasteiger partial charge in [0.2, 0.25) is 11.8 Å². The minimum Gasteiger partial charge on any atom is -0.344 e. The summed E-state index contributed by atoms with van der Waals surface area (Å²) in [7, 11) is 0. The van der Waals surface area contributed by atoms with E-state index in [0.29, 0.717) is 25.3 Å². The van der Waals surface area contributed by atoms with E-state index in [1.165, 1.54) is 0 Å². The maximum absolute atomic E-state index is 12.4. The van der Waals surface area contributed by atoms with Crippen molar-refractivity contribution in [2.24, 2.45) is 5.92 Å². The van der Waals surface area contributed by atoms with Crippen LogP contribution in [0.1, 0.15) is 53.4 Å². The smallest absolute Gasteiger partial charge is 0.245 e. The maximum Gasteiger partial charge on any atom is 0.245 e. The zero-order chi connectivity index (χ0) is 13.7. The summed E-state index contributed by atoms with van der Waals surface area (Å²) in [5.74, 6) is 0.594. The number of rotatable bonds is 5. The summed E-state index contributed by atoms with van der Waals surface area (Å²) in [5, 5.41) is 2.81. The van der Waals surface area contributed by atoms with Gasteiger partial charge in [0, 0.05) is 19.0 Å². The Balaban J connectivity index is 2.85. The second-order valence-corrected chi connectivity index (χ2v) is 5.13. The molecule has 0 aromatic carbocycles. The standard InChI is InChI=1S/C14H26N2O2/c1-5-11(6-2)10(4)16-9-8-13(17)15-12(7-3)14(16)18/h10-12H,5-9H2,1-4H3,(H,15,17). The number of nitrogens with one attached hydrogen (secondary N) is 1. The van der Waals surface area contributed by atoms with Crippen molar-refractivity contribution >= 4 is 11.8 Å². The fourth-order valence-electron chi connectivity index (χ4n) is 2.77. The van der Waals surface area contributed by atoms with Crippen molar-refractivity contribution in [3.05, 3.63) is 0 Å². The van der Waals surface area contributed by atoms with E-state index in [1.54, 1.807) is 0 Å². The molecule has 2 atom stereocenters. The first-order valence-electron chi connectivity index (χ1n) is 7.14. The van der Waals surface area contributed by atoms with Crippen molar-refractivity contribution in [1.82, 2.24) is 10.2 Å². The lowest BCUT2D eigenvalue weighted by molar-refractivity contribution is -0.136. The number of carbonyl (C=O) groups is 2. The van der Waals surface area contributed by atoms with E-state index >= 15 is 0 Å². The third kappa shape index (κ3) is 3.24. The monoisotopic (exact) mass is 254 g/mol. The molecule has 1 aliphatic heterocycles. The van der Waals surface area contributed by atoms with Crippen LogP contribution in [-0.2, 0) is 9.59 Å². The van der Waals surface area contributed by atoms with Crippen molar-refractivity contribution in [2.45, 2.75) is 65.5 Å². The van der Waals surface area contributed by atoms with Gasteiger partial charge in [0.1, 0.15) is 6.04 Å². The summed E-state index contributed by atoms with van der Waals surface area (Å²) in [5.41, 5.74) is 0. The lowest BCUT2D eigenvalue weighted by Crippen LogP contribution is -2.49. The zero-order valence-electron chi connectivity index (χ0n) is 12.0. The highest BCUT2D eigenvalue weighted by Crippen LogP contribution is 2.21. The molecule has 1 N–H and O–H groups in total. The molecular formula is C14H26N2O2. The van der Waals surface area contributed by atoms with E-state index in [9.17, 15) is 9.59 Å². The minimum absolute atomic E-state index is 0.00514. The molecule has 0 radical (unpaired) electrons. The minimum atomic E-state index is -0.336. The van der Waals surface area contributed by atoms with Crippen LogP contribution in [0, 0.1) is 5.92 Å². The summed E-state index contributed by atoms with van der Waals surface area (Å²) >= 11 is 0. The van der Waals surface area contributed by atoms with Gasteiger partial charge in [0.05, 0.1) is 0 Å². The highest BCUT2D eigenvalue weighted by Gasteiger charge is 2.33. The molecule has 2 amide bonds. The number of hydrogen-bond donors (Lipinski definition) is 1. The van der Waals surface area contributed by atoms with Crippen molar-refractivity contribution in [3.63, 3.8) is 0 Å². The summed E-state index contributed by atoms with van der Waals surface area (Å²) in [4.78, 5) is 25.9. The molecule has 4 nitrogen and oxygen atoms in total. The second-order valence-electron chi connectivity index (χ2n) is 5.13. The van der Waals surface area contributed by atoms with Crippen molar-refractivity contribution in [3.8, 4) is 0 Å². The molecule has 0 saturated carbocycles. The van der Waals surface area contributed by atoms with Gasteiger partial charge in [-0.2, -0.15) is 0 Å². The fraction of sp³-hybridized carbons (Fsp3) is 0.857. The number of carbonyl (C=O) groups excluding carboxylic acids is 2. The molecule has 1 rings (SSSR count). The number of nitrogens with zero attached hydrogens (tertiary/aromatic N) is 1. The van der Waals surface area contributed by atoms with Gasteiger partial charge in [-0.05, 0) is 19.3 Å². The third-order valence-corrected chi connectivity index (χ3v) is 4.13. The summed E-state index contributed by atoms with van der Waals surface area (Å²) < 4.78 is 0. The predicted molar refractivity (Wildman–Crippen MR) is 72.1 cm³/mol. The van der Waals surface area contributed by atoms with Gasteiger partial charge in [0.15, 0.2) is 0 Å². The van der Waals surface area contributed by atoms with Crippen molar-refractivity contribution in [2.75, 3.05) is 6.54 Å². The maximum atomic E-state index is 12.4. The first-order valence-corrected chi connectivity index (χ1v) is 7.14. The quantitative estimate of drug-likeness (QED) is 0.815. The Bertz CT molecular complexity index is 300. The van der Waals surface area contributed by atoms with E-state index in [0.717, 1.165) is 12.8 Å². The average molecular weight is 254 g/mol. The van der Waals surface area contributed by atoms with Crippen LogP contribution < -0.4 is 5.32 Å². The molecule has 4 heteroatoms. The summed E-state index contributed by atoms with van der Waals surface area (Å²) in [6.07, 6.45) is 3.22. The van der Waals surface area contributed by atoms with Crippen LogP contribution in [-0.4, -0.2) is 35.3 Å². The Kier molecular flexibility index (Phi) is 5.63. The molecule has 1 aliphatic rings. The largest absolute Gasteiger partial charge is 0.344 e. The molecule has 0 aromatic heterocycles. The van der Waals surface area contributed by atoms with Crippen LogP contribution in [0.4, 0.5) is 0 Å². The molecule has 0 aliphatic carbocycles. The van der Waals surface area contributed by atoms with E-state index < -0.39 is 0 Å². The Morgan fingerprint density at radius 2 is 1.89 bits per heavy atom. The van der Waals surface area contributed by atoms with E-state index in [2.05, 4.69) is 26.1 Å². The van der Waals surface area contributed by atoms with E-state index in [4.69, 9.17) is 0 Å². The van der Waals surface area contributed by atoms with Crippen LogP contribution >= 0.6 is 0 Å². The lowest BCUT2D eigenvalue weighted by atomic mass is 9.93. The SMILES string of the molecule is CCC1NC(=O)CCN(C(C)C(CC)CC)C1=O. The van der Waals surface area contributed by atoms with Gasteiger partial charge in [-0.25, -0.2) is 0 Å². The molecule has 0 aromatic rings. The van der Waals surface area contributed by atoms with Crippen molar-refractivity contribution in [1.29, 1.82) is 0 Å². The Morgan fingerprint density at radius 1 is 1.28 bits per heavy atom. The molecule has 0 spiro atoms.